The van der Waals surface area contributed by atoms with Gasteiger partial charge in [-0.05, 0) is 52.2 Å². The minimum atomic E-state index is -0.173. The maximum absolute atomic E-state index is 12.9. The van der Waals surface area contributed by atoms with Gasteiger partial charge in [-0.15, -0.1) is 0 Å². The van der Waals surface area contributed by atoms with Gasteiger partial charge in [-0.25, -0.2) is 24.9 Å². The van der Waals surface area contributed by atoms with Crippen LogP contribution in [0.4, 0.5) is 11.8 Å². The molecule has 3 aromatic rings. The lowest BCUT2D eigenvalue weighted by Gasteiger charge is -2.34. The zero-order valence-corrected chi connectivity index (χ0v) is 18.0. The number of nitrogens with one attached hydrogen (secondary N) is 2. The summed E-state index contributed by atoms with van der Waals surface area (Å²) in [5.74, 6) is 1.70. The third-order valence-electron chi connectivity index (χ3n) is 5.10. The van der Waals surface area contributed by atoms with Gasteiger partial charge in [0.15, 0.2) is 5.82 Å². The second kappa shape index (κ2) is 9.03. The number of amides is 1. The highest BCUT2D eigenvalue weighted by molar-refractivity contribution is 5.91. The molecule has 0 saturated carbocycles. The van der Waals surface area contributed by atoms with Crippen molar-refractivity contribution in [2.75, 3.05) is 11.9 Å². The van der Waals surface area contributed by atoms with Gasteiger partial charge in [0.2, 0.25) is 11.9 Å². The highest BCUT2D eigenvalue weighted by atomic mass is 16.2. The van der Waals surface area contributed by atoms with Crippen LogP contribution in [0.15, 0.2) is 30.7 Å². The number of carbonyl (C=O) groups excluding carboxylic acids is 1. The average Bonchev–Trinajstić information content (AvgIpc) is 3.24. The van der Waals surface area contributed by atoms with Crippen LogP contribution in [0.2, 0.25) is 0 Å². The molecular weight excluding hydrogens is 392 g/mol. The Morgan fingerprint density at radius 2 is 1.87 bits per heavy atom. The molecule has 1 saturated heterocycles. The topological polar surface area (TPSA) is 113 Å². The monoisotopic (exact) mass is 418 g/mol. The summed E-state index contributed by atoms with van der Waals surface area (Å²) in [5.41, 5.74) is 3.37. The van der Waals surface area contributed by atoms with Crippen LogP contribution in [-0.2, 0) is 4.79 Å². The normalized spacial score (nSPS) is 16.6. The quantitative estimate of drug-likeness (QED) is 0.610. The van der Waals surface area contributed by atoms with Gasteiger partial charge in [0, 0.05) is 35.8 Å². The van der Waals surface area contributed by atoms with E-state index in [1.54, 1.807) is 24.7 Å². The van der Waals surface area contributed by atoms with E-state index in [4.69, 9.17) is 4.98 Å². The number of aryl methyl sites for hydroxylation is 3. The number of rotatable bonds is 5. The summed E-state index contributed by atoms with van der Waals surface area (Å²) in [4.78, 5) is 39.9. The van der Waals surface area contributed by atoms with Gasteiger partial charge in [-0.2, -0.15) is 0 Å². The van der Waals surface area contributed by atoms with Crippen molar-refractivity contribution in [3.05, 3.63) is 59.3 Å². The van der Waals surface area contributed by atoms with Crippen molar-refractivity contribution in [1.29, 1.82) is 0 Å². The van der Waals surface area contributed by atoms with E-state index in [1.165, 1.54) is 0 Å². The molecule has 9 heteroatoms. The molecule has 4 rings (SSSR count). The molecule has 2 N–H and O–H groups in total. The number of hydrogen-bond donors (Lipinski definition) is 2. The van der Waals surface area contributed by atoms with E-state index >= 15 is 0 Å². The predicted octanol–water partition coefficient (Wildman–Crippen LogP) is 3.43. The van der Waals surface area contributed by atoms with E-state index in [0.717, 1.165) is 42.0 Å². The number of carbonyl (C=O) groups is 1. The largest absolute Gasteiger partial charge is 0.345 e. The summed E-state index contributed by atoms with van der Waals surface area (Å²) in [5, 5.41) is 3.19. The fourth-order valence-electron chi connectivity index (χ4n) is 3.78. The summed E-state index contributed by atoms with van der Waals surface area (Å²) in [7, 11) is 0. The Balaban J connectivity index is 1.58. The molecule has 3 aromatic heterocycles. The Kier molecular flexibility index (Phi) is 6.01. The summed E-state index contributed by atoms with van der Waals surface area (Å²) < 4.78 is 0. The predicted molar refractivity (Wildman–Crippen MR) is 117 cm³/mol. The van der Waals surface area contributed by atoms with E-state index in [9.17, 15) is 4.79 Å². The van der Waals surface area contributed by atoms with Crippen LogP contribution in [0.3, 0.4) is 0 Å². The van der Waals surface area contributed by atoms with Gasteiger partial charge < -0.3 is 15.2 Å². The minimum absolute atomic E-state index is 0.0587. The average molecular weight is 419 g/mol. The molecule has 0 unspecified atom stereocenters. The van der Waals surface area contributed by atoms with Gasteiger partial charge in [-0.1, -0.05) is 0 Å². The fraction of sp³-hybridized carbons (Fsp3) is 0.364. The smallest absolute Gasteiger partial charge is 0.247 e. The molecule has 31 heavy (non-hydrogen) atoms. The molecule has 0 radical (unpaired) electrons. The zero-order chi connectivity index (χ0) is 21.8. The van der Waals surface area contributed by atoms with Crippen LogP contribution in [0.5, 0.6) is 0 Å². The number of aromatic amines is 1. The summed E-state index contributed by atoms with van der Waals surface area (Å²) in [6.45, 7) is 6.46. The SMILES string of the molecule is Cc1cc(C)nc(Nc2cc(C)nc([C@H]3CCCCN3C(=O)/C=C/c3cnc[nH]3)n2)n1. The van der Waals surface area contributed by atoms with Gasteiger partial charge in [-0.3, -0.25) is 4.79 Å². The first kappa shape index (κ1) is 20.6. The first-order chi connectivity index (χ1) is 15.0. The molecule has 9 nitrogen and oxygen atoms in total. The van der Waals surface area contributed by atoms with E-state index in [0.29, 0.717) is 24.1 Å². The second-order valence-corrected chi connectivity index (χ2v) is 7.74. The highest BCUT2D eigenvalue weighted by Gasteiger charge is 2.29. The van der Waals surface area contributed by atoms with Crippen molar-refractivity contribution in [2.45, 2.75) is 46.1 Å². The van der Waals surface area contributed by atoms with Crippen LogP contribution in [-0.4, -0.2) is 47.3 Å². The first-order valence-electron chi connectivity index (χ1n) is 10.4. The third-order valence-corrected chi connectivity index (χ3v) is 5.10. The lowest BCUT2D eigenvalue weighted by molar-refractivity contribution is -0.129. The first-order valence-corrected chi connectivity index (χ1v) is 10.4. The molecule has 0 spiro atoms. The summed E-state index contributed by atoms with van der Waals surface area (Å²) in [6, 6.07) is 3.61. The third kappa shape index (κ3) is 5.11. The number of anilines is 2. The Morgan fingerprint density at radius 3 is 2.61 bits per heavy atom. The van der Waals surface area contributed by atoms with E-state index in [2.05, 4.69) is 30.2 Å². The number of likely N-dealkylation sites (tertiary alicyclic amines) is 1. The molecule has 1 aliphatic rings. The molecule has 1 aliphatic heterocycles. The van der Waals surface area contributed by atoms with Gasteiger partial charge >= 0.3 is 0 Å². The fourth-order valence-corrected chi connectivity index (χ4v) is 3.78. The molecule has 1 fully saturated rings. The lowest BCUT2D eigenvalue weighted by Crippen LogP contribution is -2.38. The maximum atomic E-state index is 12.9. The molecule has 4 heterocycles. The Morgan fingerprint density at radius 1 is 1.10 bits per heavy atom. The molecule has 0 aliphatic carbocycles. The second-order valence-electron chi connectivity index (χ2n) is 7.74. The number of nitrogens with zero attached hydrogens (tertiary/aromatic N) is 6. The van der Waals surface area contributed by atoms with Crippen molar-refractivity contribution in [3.63, 3.8) is 0 Å². The number of imidazole rings is 1. The maximum Gasteiger partial charge on any atom is 0.247 e. The van der Waals surface area contributed by atoms with Crippen LogP contribution >= 0.6 is 0 Å². The van der Waals surface area contributed by atoms with Crippen molar-refractivity contribution in [1.82, 2.24) is 34.8 Å². The van der Waals surface area contributed by atoms with Crippen molar-refractivity contribution in [2.24, 2.45) is 0 Å². The van der Waals surface area contributed by atoms with E-state index in [-0.39, 0.29) is 11.9 Å². The number of aromatic nitrogens is 6. The van der Waals surface area contributed by atoms with Crippen LogP contribution in [0, 0.1) is 20.8 Å². The van der Waals surface area contributed by atoms with Crippen LogP contribution in [0.25, 0.3) is 6.08 Å². The lowest BCUT2D eigenvalue weighted by atomic mass is 10.0. The van der Waals surface area contributed by atoms with Crippen LogP contribution in [0.1, 0.15) is 53.9 Å². The molecular formula is C22H26N8O. The number of piperidine rings is 1. The minimum Gasteiger partial charge on any atom is -0.345 e. The van der Waals surface area contributed by atoms with Crippen molar-refractivity contribution < 1.29 is 4.79 Å². The highest BCUT2D eigenvalue weighted by Crippen LogP contribution is 2.30. The van der Waals surface area contributed by atoms with Crippen LogP contribution < -0.4 is 5.32 Å². The number of hydrogen-bond acceptors (Lipinski definition) is 7. The molecule has 1 amide bonds. The summed E-state index contributed by atoms with van der Waals surface area (Å²) >= 11 is 0. The Labute approximate surface area is 181 Å². The van der Waals surface area contributed by atoms with Gasteiger partial charge in [0.25, 0.3) is 0 Å². The van der Waals surface area contributed by atoms with E-state index in [1.807, 2.05) is 37.8 Å². The Hall–Kier alpha value is -3.62. The van der Waals surface area contributed by atoms with E-state index < -0.39 is 0 Å². The Bertz CT molecular complexity index is 1070. The molecule has 0 aromatic carbocycles. The van der Waals surface area contributed by atoms with Crippen molar-refractivity contribution in [3.8, 4) is 0 Å². The standard InChI is InChI=1S/C22H26N8O/c1-14-10-15(2)27-22(26-14)29-19-11-16(3)25-21(28-19)18-6-4-5-9-30(18)20(31)8-7-17-12-23-13-24-17/h7-8,10-13,18H,4-6,9H2,1-3H3,(H,23,24)(H,25,26,27,28,29)/b8-7+/t18-/m1/s1. The molecule has 0 bridgehead atoms. The number of H-pyrrole nitrogens is 1. The van der Waals surface area contributed by atoms with Crippen molar-refractivity contribution >= 4 is 23.7 Å². The summed E-state index contributed by atoms with van der Waals surface area (Å²) in [6.07, 6.45) is 9.39. The van der Waals surface area contributed by atoms with Gasteiger partial charge in [0.1, 0.15) is 5.82 Å². The molecule has 160 valence electrons. The molecule has 1 atom stereocenters. The zero-order valence-electron chi connectivity index (χ0n) is 18.0. The van der Waals surface area contributed by atoms with Gasteiger partial charge in [0.05, 0.1) is 24.3 Å².